The third-order valence-corrected chi connectivity index (χ3v) is 4.90. The largest absolute Gasteiger partial charge is 0.349 e. The maximum Gasteiger partial charge on any atom is 0.251 e. The minimum atomic E-state index is 0.0268. The number of fused-ring (bicyclic) bond motifs is 1. The van der Waals surface area contributed by atoms with E-state index in [4.69, 9.17) is 0 Å². The van der Waals surface area contributed by atoms with E-state index in [-0.39, 0.29) is 11.7 Å². The third-order valence-electron chi connectivity index (χ3n) is 4.90. The van der Waals surface area contributed by atoms with E-state index in [1.165, 1.54) is 12.8 Å². The normalized spacial score (nSPS) is 27.9. The van der Waals surface area contributed by atoms with Crippen molar-refractivity contribution in [2.45, 2.75) is 44.6 Å². The summed E-state index contributed by atoms with van der Waals surface area (Å²) in [7, 11) is 0. The summed E-state index contributed by atoms with van der Waals surface area (Å²) in [5.41, 5.74) is 2.57. The fraction of sp³-hybridized carbons (Fsp3) is 0.529. The molecule has 0 radical (unpaired) electrons. The first-order chi connectivity index (χ1) is 9.72. The van der Waals surface area contributed by atoms with Crippen LogP contribution in [-0.4, -0.2) is 17.7 Å². The Morgan fingerprint density at radius 1 is 1.20 bits per heavy atom. The number of Topliss-reactive ketones (excluding diaryl/α,β-unsaturated/α-hetero) is 1. The molecule has 0 unspecified atom stereocenters. The molecule has 1 aromatic carbocycles. The van der Waals surface area contributed by atoms with Crippen molar-refractivity contribution in [2.75, 3.05) is 0 Å². The van der Waals surface area contributed by atoms with E-state index in [9.17, 15) is 9.59 Å². The molecule has 2 atom stereocenters. The fourth-order valence-corrected chi connectivity index (χ4v) is 3.47. The number of amides is 1. The van der Waals surface area contributed by atoms with Crippen molar-refractivity contribution in [1.82, 2.24) is 5.32 Å². The number of hydrogen-bond acceptors (Lipinski definition) is 2. The van der Waals surface area contributed by atoms with Crippen LogP contribution in [0.25, 0.3) is 0 Å². The van der Waals surface area contributed by atoms with Crippen molar-refractivity contribution in [3.8, 4) is 0 Å². The van der Waals surface area contributed by atoms with E-state index in [1.54, 1.807) is 6.07 Å². The molecule has 3 aliphatic rings. The number of ketones is 1. The lowest BCUT2D eigenvalue weighted by atomic mass is 9.89. The second-order valence-electron chi connectivity index (χ2n) is 6.47. The highest BCUT2D eigenvalue weighted by Crippen LogP contribution is 2.50. The van der Waals surface area contributed by atoms with Gasteiger partial charge in [-0.15, -0.1) is 0 Å². The second-order valence-corrected chi connectivity index (χ2v) is 6.47. The highest BCUT2D eigenvalue weighted by atomic mass is 16.1. The first-order valence-electron chi connectivity index (χ1n) is 7.69. The van der Waals surface area contributed by atoms with Gasteiger partial charge in [0.1, 0.15) is 0 Å². The highest BCUT2D eigenvalue weighted by molar-refractivity contribution is 6.01. The summed E-state index contributed by atoms with van der Waals surface area (Å²) in [5, 5.41) is 3.14. The van der Waals surface area contributed by atoms with Gasteiger partial charge >= 0.3 is 0 Å². The molecule has 3 heteroatoms. The molecule has 3 nitrogen and oxygen atoms in total. The second kappa shape index (κ2) is 4.44. The van der Waals surface area contributed by atoms with Crippen LogP contribution >= 0.6 is 0 Å². The minimum Gasteiger partial charge on any atom is -0.349 e. The summed E-state index contributed by atoms with van der Waals surface area (Å²) in [6.45, 7) is 0. The molecule has 0 aromatic heterocycles. The van der Waals surface area contributed by atoms with E-state index in [2.05, 4.69) is 5.32 Å². The van der Waals surface area contributed by atoms with Crippen LogP contribution in [0.1, 0.15) is 58.4 Å². The van der Waals surface area contributed by atoms with Gasteiger partial charge in [-0.3, -0.25) is 9.59 Å². The zero-order chi connectivity index (χ0) is 13.7. The molecular weight excluding hydrogens is 250 g/mol. The number of carbonyl (C=O) groups is 2. The molecule has 0 saturated heterocycles. The lowest BCUT2D eigenvalue weighted by molar-refractivity contribution is 0.0942. The van der Waals surface area contributed by atoms with Crippen LogP contribution in [-0.2, 0) is 6.42 Å². The minimum absolute atomic E-state index is 0.0268. The van der Waals surface area contributed by atoms with Crippen LogP contribution in [0.2, 0.25) is 0 Å². The zero-order valence-electron chi connectivity index (χ0n) is 11.5. The molecule has 104 valence electrons. The Hall–Kier alpha value is -1.64. The van der Waals surface area contributed by atoms with Gasteiger partial charge in [0, 0.05) is 23.6 Å². The molecule has 0 aliphatic heterocycles. The Balaban J connectivity index is 1.48. The van der Waals surface area contributed by atoms with Crippen molar-refractivity contribution in [3.05, 3.63) is 34.9 Å². The lowest BCUT2D eigenvalue weighted by Crippen LogP contribution is -2.27. The number of aryl methyl sites for hydroxylation is 1. The Kier molecular flexibility index (Phi) is 2.69. The van der Waals surface area contributed by atoms with Gasteiger partial charge < -0.3 is 5.32 Å². The lowest BCUT2D eigenvalue weighted by Gasteiger charge is -2.15. The quantitative estimate of drug-likeness (QED) is 0.917. The first-order valence-corrected chi connectivity index (χ1v) is 7.69. The maximum atomic E-state index is 12.3. The van der Waals surface area contributed by atoms with Gasteiger partial charge in [0.2, 0.25) is 0 Å². The van der Waals surface area contributed by atoms with Crippen molar-refractivity contribution >= 4 is 11.7 Å². The molecule has 0 bridgehead atoms. The number of benzene rings is 1. The van der Waals surface area contributed by atoms with E-state index in [0.29, 0.717) is 18.0 Å². The Morgan fingerprint density at radius 2 is 2.05 bits per heavy atom. The average Bonchev–Trinajstić information content (AvgIpc) is 3.32. The molecule has 1 N–H and O–H groups in total. The molecule has 20 heavy (non-hydrogen) atoms. The summed E-state index contributed by atoms with van der Waals surface area (Å²) < 4.78 is 0. The van der Waals surface area contributed by atoms with Crippen molar-refractivity contribution in [2.24, 2.45) is 11.8 Å². The maximum absolute atomic E-state index is 12.3. The monoisotopic (exact) mass is 269 g/mol. The molecular formula is C17H19NO2. The highest BCUT2D eigenvalue weighted by Gasteiger charge is 2.48. The molecule has 4 rings (SSSR count). The number of nitrogens with one attached hydrogen (secondary N) is 1. The van der Waals surface area contributed by atoms with Crippen LogP contribution in [0, 0.1) is 11.8 Å². The van der Waals surface area contributed by atoms with Gasteiger partial charge in [-0.1, -0.05) is 6.07 Å². The van der Waals surface area contributed by atoms with Gasteiger partial charge in [0.15, 0.2) is 5.78 Å². The van der Waals surface area contributed by atoms with Crippen LogP contribution in [0.5, 0.6) is 0 Å². The number of hydrogen-bond donors (Lipinski definition) is 1. The predicted octanol–water partition coefficient (Wildman–Crippen LogP) is 2.73. The Bertz CT molecular complexity index is 589. The van der Waals surface area contributed by atoms with Gasteiger partial charge in [-0.05, 0) is 61.6 Å². The standard InChI is InChI=1S/C17H19NO2/c19-16-3-1-2-11-8-12(6-7-13(11)16)17(20)18-15-9-14(15)10-4-5-10/h6-8,10,14-15H,1-5,9H2,(H,18,20)/t14-,15+/m0/s1. The topological polar surface area (TPSA) is 46.2 Å². The smallest absolute Gasteiger partial charge is 0.251 e. The van der Waals surface area contributed by atoms with Crippen molar-refractivity contribution in [3.63, 3.8) is 0 Å². The Labute approximate surface area is 118 Å². The molecule has 0 heterocycles. The van der Waals surface area contributed by atoms with Gasteiger partial charge in [0.05, 0.1) is 0 Å². The Morgan fingerprint density at radius 3 is 2.85 bits per heavy atom. The van der Waals surface area contributed by atoms with E-state index in [0.717, 1.165) is 42.2 Å². The van der Waals surface area contributed by atoms with Crippen LogP contribution in [0.3, 0.4) is 0 Å². The SMILES string of the molecule is O=C(N[C@@H]1C[C@H]1C1CC1)c1ccc2c(c1)CCCC2=O. The summed E-state index contributed by atoms with van der Waals surface area (Å²) in [6.07, 6.45) is 6.30. The van der Waals surface area contributed by atoms with E-state index in [1.807, 2.05) is 12.1 Å². The molecule has 2 saturated carbocycles. The molecule has 1 amide bonds. The average molecular weight is 269 g/mol. The van der Waals surface area contributed by atoms with Crippen LogP contribution in [0.4, 0.5) is 0 Å². The fourth-order valence-electron chi connectivity index (χ4n) is 3.47. The summed E-state index contributed by atoms with van der Waals surface area (Å²) in [6, 6.07) is 5.94. The number of carbonyl (C=O) groups excluding carboxylic acids is 2. The zero-order valence-corrected chi connectivity index (χ0v) is 11.5. The van der Waals surface area contributed by atoms with Crippen molar-refractivity contribution in [1.29, 1.82) is 0 Å². The summed E-state index contributed by atoms with van der Waals surface area (Å²) >= 11 is 0. The third kappa shape index (κ3) is 2.15. The molecule has 0 spiro atoms. The van der Waals surface area contributed by atoms with Crippen LogP contribution < -0.4 is 5.32 Å². The van der Waals surface area contributed by atoms with Gasteiger partial charge in [-0.2, -0.15) is 0 Å². The van der Waals surface area contributed by atoms with E-state index >= 15 is 0 Å². The van der Waals surface area contributed by atoms with Gasteiger partial charge in [0.25, 0.3) is 5.91 Å². The van der Waals surface area contributed by atoms with E-state index < -0.39 is 0 Å². The van der Waals surface area contributed by atoms with Gasteiger partial charge in [-0.25, -0.2) is 0 Å². The molecule has 3 aliphatic carbocycles. The first kappa shape index (κ1) is 12.1. The summed E-state index contributed by atoms with van der Waals surface area (Å²) in [5.74, 6) is 1.85. The molecule has 2 fully saturated rings. The number of rotatable bonds is 3. The molecule has 1 aromatic rings. The summed E-state index contributed by atoms with van der Waals surface area (Å²) in [4.78, 5) is 24.0. The van der Waals surface area contributed by atoms with Crippen LogP contribution in [0.15, 0.2) is 18.2 Å². The van der Waals surface area contributed by atoms with Crippen molar-refractivity contribution < 1.29 is 9.59 Å². The predicted molar refractivity (Wildman–Crippen MR) is 75.8 cm³/mol.